The Morgan fingerprint density at radius 3 is 2.58 bits per heavy atom. The second kappa shape index (κ2) is 7.12. The first kappa shape index (κ1) is 17.1. The first-order valence-corrected chi connectivity index (χ1v) is 9.70. The number of fused-ring (bicyclic) bond motifs is 3. The Hall–Kier alpha value is -2.33. The van der Waals surface area contributed by atoms with Gasteiger partial charge >= 0.3 is 0 Å². The number of carbonyl (C=O) groups is 1. The third-order valence-corrected chi connectivity index (χ3v) is 5.47. The first-order chi connectivity index (χ1) is 12.7. The van der Waals surface area contributed by atoms with Crippen molar-refractivity contribution in [1.29, 1.82) is 0 Å². The van der Waals surface area contributed by atoms with E-state index in [0.717, 1.165) is 44.2 Å². The van der Waals surface area contributed by atoms with Crippen LogP contribution in [0.3, 0.4) is 0 Å². The van der Waals surface area contributed by atoms with E-state index >= 15 is 0 Å². The van der Waals surface area contributed by atoms with E-state index in [-0.39, 0.29) is 11.8 Å². The number of anilines is 1. The number of rotatable bonds is 4. The van der Waals surface area contributed by atoms with Crippen molar-refractivity contribution in [3.05, 3.63) is 70.2 Å². The van der Waals surface area contributed by atoms with Gasteiger partial charge in [0.1, 0.15) is 5.75 Å². The molecule has 0 radical (unpaired) electrons. The molecule has 0 aliphatic carbocycles. The molecule has 132 valence electrons. The molecule has 3 nitrogen and oxygen atoms in total. The van der Waals surface area contributed by atoms with Gasteiger partial charge < -0.3 is 10.1 Å². The smallest absolute Gasteiger partial charge is 0.225 e. The zero-order valence-electron chi connectivity index (χ0n) is 14.6. The van der Waals surface area contributed by atoms with Gasteiger partial charge in [-0.1, -0.05) is 59.3 Å². The summed E-state index contributed by atoms with van der Waals surface area (Å²) in [6, 6.07) is 18.4. The molecular weight excluding hydrogens is 390 g/mol. The predicted octanol–water partition coefficient (Wildman–Crippen LogP) is 5.87. The summed E-state index contributed by atoms with van der Waals surface area (Å²) >= 11 is 3.70. The van der Waals surface area contributed by atoms with Gasteiger partial charge in [-0.05, 0) is 41.1 Å². The highest BCUT2D eigenvalue weighted by atomic mass is 79.9. The number of hydrogen-bond acceptors (Lipinski definition) is 2. The SMILES string of the molecule is CCCOc1ccc([C@H]2CC(=O)Nc3c2cc(Br)c2ccccc32)cc1. The van der Waals surface area contributed by atoms with Gasteiger partial charge in [0.2, 0.25) is 5.91 Å². The van der Waals surface area contributed by atoms with Gasteiger partial charge in [-0.15, -0.1) is 0 Å². The molecule has 0 aromatic heterocycles. The van der Waals surface area contributed by atoms with Gasteiger partial charge in [0.05, 0.1) is 12.3 Å². The van der Waals surface area contributed by atoms with Crippen LogP contribution in [0.2, 0.25) is 0 Å². The Bertz CT molecular complexity index is 966. The zero-order chi connectivity index (χ0) is 18.1. The molecule has 1 amide bonds. The molecule has 0 unspecified atom stereocenters. The quantitative estimate of drug-likeness (QED) is 0.585. The molecule has 4 rings (SSSR count). The lowest BCUT2D eigenvalue weighted by Crippen LogP contribution is -2.23. The highest BCUT2D eigenvalue weighted by Crippen LogP contribution is 2.43. The van der Waals surface area contributed by atoms with Crippen molar-refractivity contribution in [2.75, 3.05) is 11.9 Å². The minimum Gasteiger partial charge on any atom is -0.494 e. The topological polar surface area (TPSA) is 38.3 Å². The molecular formula is C22H20BrNO2. The third-order valence-electron chi connectivity index (χ3n) is 4.81. The maximum Gasteiger partial charge on any atom is 0.225 e. The van der Waals surface area contributed by atoms with Crippen molar-refractivity contribution in [2.45, 2.75) is 25.7 Å². The maximum absolute atomic E-state index is 12.4. The standard InChI is InChI=1S/C22H20BrNO2/c1-2-11-26-15-9-7-14(8-10-15)18-13-21(25)24-22-17-6-4-3-5-16(17)20(23)12-19(18)22/h3-10,12,18H,2,11,13H2,1H3,(H,24,25)/t18-/m1/s1. The minimum atomic E-state index is 0.0416. The van der Waals surface area contributed by atoms with E-state index in [4.69, 9.17) is 4.74 Å². The Morgan fingerprint density at radius 1 is 1.12 bits per heavy atom. The lowest BCUT2D eigenvalue weighted by molar-refractivity contribution is -0.116. The molecule has 1 atom stereocenters. The lowest BCUT2D eigenvalue weighted by atomic mass is 9.83. The average Bonchev–Trinajstić information content (AvgIpc) is 2.67. The second-order valence-electron chi connectivity index (χ2n) is 6.59. The fourth-order valence-electron chi connectivity index (χ4n) is 3.57. The number of carbonyl (C=O) groups excluding carboxylic acids is 1. The zero-order valence-corrected chi connectivity index (χ0v) is 16.2. The van der Waals surface area contributed by atoms with Crippen molar-refractivity contribution in [2.24, 2.45) is 0 Å². The highest BCUT2D eigenvalue weighted by molar-refractivity contribution is 9.10. The van der Waals surface area contributed by atoms with E-state index in [1.807, 2.05) is 24.3 Å². The fraction of sp³-hybridized carbons (Fsp3) is 0.227. The van der Waals surface area contributed by atoms with Crippen molar-refractivity contribution in [1.82, 2.24) is 0 Å². The van der Waals surface area contributed by atoms with Crippen LogP contribution in [0.15, 0.2) is 59.1 Å². The highest BCUT2D eigenvalue weighted by Gasteiger charge is 2.28. The van der Waals surface area contributed by atoms with Crippen LogP contribution in [0.5, 0.6) is 5.75 Å². The molecule has 26 heavy (non-hydrogen) atoms. The van der Waals surface area contributed by atoms with Crippen LogP contribution in [-0.4, -0.2) is 12.5 Å². The summed E-state index contributed by atoms with van der Waals surface area (Å²) in [5.41, 5.74) is 3.21. The van der Waals surface area contributed by atoms with Crippen molar-refractivity contribution < 1.29 is 9.53 Å². The number of benzene rings is 3. The lowest BCUT2D eigenvalue weighted by Gasteiger charge is -2.28. The molecule has 1 heterocycles. The van der Waals surface area contributed by atoms with Gasteiger partial charge in [0, 0.05) is 22.2 Å². The van der Waals surface area contributed by atoms with Crippen molar-refractivity contribution in [3.8, 4) is 5.75 Å². The van der Waals surface area contributed by atoms with E-state index in [1.54, 1.807) is 0 Å². The first-order valence-electron chi connectivity index (χ1n) is 8.91. The normalized spacial score (nSPS) is 16.2. The van der Waals surface area contributed by atoms with E-state index in [2.05, 4.69) is 58.5 Å². The van der Waals surface area contributed by atoms with E-state index in [9.17, 15) is 4.79 Å². The van der Waals surface area contributed by atoms with Gasteiger partial charge in [-0.25, -0.2) is 0 Å². The van der Waals surface area contributed by atoms with E-state index in [1.165, 1.54) is 0 Å². The van der Waals surface area contributed by atoms with Gasteiger partial charge in [0.15, 0.2) is 0 Å². The summed E-state index contributed by atoms with van der Waals surface area (Å²) in [6.45, 7) is 2.81. The van der Waals surface area contributed by atoms with Gasteiger partial charge in [-0.2, -0.15) is 0 Å². The predicted molar refractivity (Wildman–Crippen MR) is 109 cm³/mol. The monoisotopic (exact) mass is 409 g/mol. The number of halogens is 1. The summed E-state index contributed by atoms with van der Waals surface area (Å²) in [7, 11) is 0. The van der Waals surface area contributed by atoms with Crippen LogP contribution in [0, 0.1) is 0 Å². The largest absolute Gasteiger partial charge is 0.494 e. The Kier molecular flexibility index (Phi) is 4.68. The van der Waals surface area contributed by atoms with Crippen LogP contribution < -0.4 is 10.1 Å². The molecule has 0 spiro atoms. The van der Waals surface area contributed by atoms with E-state index < -0.39 is 0 Å². The molecule has 0 fully saturated rings. The second-order valence-corrected chi connectivity index (χ2v) is 7.44. The molecule has 0 saturated heterocycles. The van der Waals surface area contributed by atoms with Crippen LogP contribution in [0.4, 0.5) is 5.69 Å². The third kappa shape index (κ3) is 3.10. The van der Waals surface area contributed by atoms with Crippen LogP contribution in [0.1, 0.15) is 36.8 Å². The van der Waals surface area contributed by atoms with Crippen LogP contribution in [0.25, 0.3) is 10.8 Å². The number of amides is 1. The van der Waals surface area contributed by atoms with E-state index in [0.29, 0.717) is 13.0 Å². The summed E-state index contributed by atoms with van der Waals surface area (Å²) < 4.78 is 6.73. The van der Waals surface area contributed by atoms with Gasteiger partial charge in [0.25, 0.3) is 0 Å². The molecule has 4 heteroatoms. The molecule has 0 bridgehead atoms. The molecule has 3 aromatic rings. The van der Waals surface area contributed by atoms with Crippen LogP contribution >= 0.6 is 15.9 Å². The Morgan fingerprint density at radius 2 is 1.85 bits per heavy atom. The average molecular weight is 410 g/mol. The number of hydrogen-bond donors (Lipinski definition) is 1. The van der Waals surface area contributed by atoms with Crippen molar-refractivity contribution >= 4 is 38.3 Å². The van der Waals surface area contributed by atoms with Gasteiger partial charge in [-0.3, -0.25) is 4.79 Å². The molecule has 3 aromatic carbocycles. The summed E-state index contributed by atoms with van der Waals surface area (Å²) in [6.07, 6.45) is 1.44. The summed E-state index contributed by atoms with van der Waals surface area (Å²) in [5, 5.41) is 5.26. The Balaban J connectivity index is 1.79. The molecule has 1 aliphatic rings. The van der Waals surface area contributed by atoms with Crippen LogP contribution in [-0.2, 0) is 4.79 Å². The molecule has 1 aliphatic heterocycles. The Labute approximate surface area is 161 Å². The maximum atomic E-state index is 12.4. The number of ether oxygens (including phenoxy) is 1. The van der Waals surface area contributed by atoms with Crippen molar-refractivity contribution in [3.63, 3.8) is 0 Å². The fourth-order valence-corrected chi connectivity index (χ4v) is 4.16. The molecule has 1 N–H and O–H groups in total. The summed E-state index contributed by atoms with van der Waals surface area (Å²) in [5.74, 6) is 0.969. The summed E-state index contributed by atoms with van der Waals surface area (Å²) in [4.78, 5) is 12.4. The minimum absolute atomic E-state index is 0.0416. The number of nitrogens with one attached hydrogen (secondary N) is 1. The molecule has 0 saturated carbocycles.